The Kier molecular flexibility index (Phi) is 4.69. The van der Waals surface area contributed by atoms with Crippen molar-refractivity contribution in [1.82, 2.24) is 19.6 Å². The fourth-order valence-electron chi connectivity index (χ4n) is 3.12. The van der Waals surface area contributed by atoms with E-state index < -0.39 is 0 Å². The molecule has 0 spiro atoms. The molecule has 0 N–H and O–H groups in total. The minimum Gasteiger partial charge on any atom is -0.487 e. The lowest BCUT2D eigenvalue weighted by atomic mass is 10.2. The van der Waals surface area contributed by atoms with Crippen molar-refractivity contribution in [3.8, 4) is 5.75 Å². The molecule has 26 heavy (non-hydrogen) atoms. The topological polar surface area (TPSA) is 44.9 Å². The summed E-state index contributed by atoms with van der Waals surface area (Å²) >= 11 is 0. The van der Waals surface area contributed by atoms with Gasteiger partial charge in [-0.05, 0) is 42.5 Å². The summed E-state index contributed by atoms with van der Waals surface area (Å²) in [6, 6.07) is 18.6. The zero-order chi connectivity index (χ0) is 17.8. The van der Waals surface area contributed by atoms with Gasteiger partial charge in [0.25, 0.3) is 0 Å². The summed E-state index contributed by atoms with van der Waals surface area (Å²) in [5.41, 5.74) is 3.25. The van der Waals surface area contributed by atoms with Crippen molar-refractivity contribution in [2.24, 2.45) is 0 Å². The van der Waals surface area contributed by atoms with Gasteiger partial charge >= 0.3 is 0 Å². The van der Waals surface area contributed by atoms with Gasteiger partial charge in [-0.3, -0.25) is 4.68 Å². The van der Waals surface area contributed by atoms with Gasteiger partial charge in [0.05, 0.1) is 6.20 Å². The molecular weight excluding hydrogens is 324 g/mol. The van der Waals surface area contributed by atoms with Crippen molar-refractivity contribution in [3.05, 3.63) is 78.2 Å². The lowest BCUT2D eigenvalue weighted by Crippen LogP contribution is -2.04. The largest absolute Gasteiger partial charge is 0.487 e. The van der Waals surface area contributed by atoms with E-state index in [-0.39, 0.29) is 0 Å². The molecule has 0 bridgehead atoms. The van der Waals surface area contributed by atoms with Crippen LogP contribution in [0.2, 0.25) is 0 Å². The number of aryl methyl sites for hydroxylation is 3. The molecule has 2 aromatic carbocycles. The standard InChI is InChI=1S/C21H22N4O/c1-17-7-2-5-10-21(17)26-16-19-15-25(23-22-19)13-6-12-24-14-11-18-8-3-4-9-20(18)24/h2-5,7-11,14-15H,6,12-13,16H2,1H3. The first-order valence-corrected chi connectivity index (χ1v) is 8.91. The molecule has 0 saturated heterocycles. The molecule has 0 saturated carbocycles. The Labute approximate surface area is 152 Å². The Balaban J connectivity index is 1.30. The van der Waals surface area contributed by atoms with Gasteiger partial charge in [0, 0.05) is 24.8 Å². The van der Waals surface area contributed by atoms with Crippen molar-refractivity contribution in [1.29, 1.82) is 0 Å². The molecule has 2 aromatic heterocycles. The van der Waals surface area contributed by atoms with E-state index in [0.29, 0.717) is 6.61 Å². The van der Waals surface area contributed by atoms with Crippen molar-refractivity contribution in [2.75, 3.05) is 0 Å². The first kappa shape index (κ1) is 16.4. The molecule has 2 heterocycles. The van der Waals surface area contributed by atoms with Crippen LogP contribution in [-0.4, -0.2) is 19.6 Å². The van der Waals surface area contributed by atoms with Crippen LogP contribution < -0.4 is 4.74 Å². The Bertz CT molecular complexity index is 1000. The Morgan fingerprint density at radius 1 is 0.962 bits per heavy atom. The minimum atomic E-state index is 0.438. The Morgan fingerprint density at radius 2 is 1.81 bits per heavy atom. The Hall–Kier alpha value is -3.08. The zero-order valence-electron chi connectivity index (χ0n) is 14.9. The van der Waals surface area contributed by atoms with Gasteiger partial charge in [-0.2, -0.15) is 0 Å². The predicted molar refractivity (Wildman–Crippen MR) is 102 cm³/mol. The van der Waals surface area contributed by atoms with Gasteiger partial charge in [0.2, 0.25) is 0 Å². The molecule has 4 aromatic rings. The van der Waals surface area contributed by atoms with E-state index in [4.69, 9.17) is 4.74 Å². The van der Waals surface area contributed by atoms with E-state index in [0.717, 1.165) is 36.5 Å². The van der Waals surface area contributed by atoms with Crippen LogP contribution in [0.5, 0.6) is 5.75 Å². The summed E-state index contributed by atoms with van der Waals surface area (Å²) in [7, 11) is 0. The van der Waals surface area contributed by atoms with Gasteiger partial charge in [-0.1, -0.05) is 41.6 Å². The fourth-order valence-corrected chi connectivity index (χ4v) is 3.12. The molecule has 0 radical (unpaired) electrons. The SMILES string of the molecule is Cc1ccccc1OCc1cn(CCCn2ccc3ccccc32)nn1. The van der Waals surface area contributed by atoms with E-state index >= 15 is 0 Å². The predicted octanol–water partition coefficient (Wildman–Crippen LogP) is 4.21. The molecule has 0 fully saturated rings. The van der Waals surface area contributed by atoms with Crippen LogP contribution >= 0.6 is 0 Å². The maximum absolute atomic E-state index is 5.83. The summed E-state index contributed by atoms with van der Waals surface area (Å²) in [6.07, 6.45) is 5.11. The molecule has 0 aliphatic heterocycles. The summed E-state index contributed by atoms with van der Waals surface area (Å²) in [6.45, 7) is 4.27. The quantitative estimate of drug-likeness (QED) is 0.503. The monoisotopic (exact) mass is 346 g/mol. The highest BCUT2D eigenvalue weighted by Gasteiger charge is 2.04. The second kappa shape index (κ2) is 7.44. The summed E-state index contributed by atoms with van der Waals surface area (Å²) in [4.78, 5) is 0. The smallest absolute Gasteiger partial charge is 0.134 e. The summed E-state index contributed by atoms with van der Waals surface area (Å²) < 4.78 is 10.0. The highest BCUT2D eigenvalue weighted by molar-refractivity contribution is 5.79. The van der Waals surface area contributed by atoms with E-state index in [1.165, 1.54) is 10.9 Å². The number of para-hydroxylation sites is 2. The highest BCUT2D eigenvalue weighted by atomic mass is 16.5. The average molecular weight is 346 g/mol. The highest BCUT2D eigenvalue weighted by Crippen LogP contribution is 2.17. The minimum absolute atomic E-state index is 0.438. The van der Waals surface area contributed by atoms with Crippen LogP contribution in [0.1, 0.15) is 17.7 Å². The van der Waals surface area contributed by atoms with Crippen LogP contribution in [-0.2, 0) is 19.7 Å². The van der Waals surface area contributed by atoms with Gasteiger partial charge in [0.15, 0.2) is 0 Å². The number of aromatic nitrogens is 4. The van der Waals surface area contributed by atoms with Crippen LogP contribution in [0, 0.1) is 6.92 Å². The van der Waals surface area contributed by atoms with E-state index in [1.54, 1.807) is 0 Å². The molecule has 0 atom stereocenters. The van der Waals surface area contributed by atoms with Gasteiger partial charge in [0.1, 0.15) is 18.1 Å². The van der Waals surface area contributed by atoms with Crippen molar-refractivity contribution in [3.63, 3.8) is 0 Å². The molecule has 0 aliphatic rings. The normalized spacial score (nSPS) is 11.1. The molecule has 132 valence electrons. The van der Waals surface area contributed by atoms with Gasteiger partial charge < -0.3 is 9.30 Å². The first-order valence-electron chi connectivity index (χ1n) is 8.91. The second-order valence-corrected chi connectivity index (χ2v) is 6.45. The van der Waals surface area contributed by atoms with Gasteiger partial charge in [-0.15, -0.1) is 5.10 Å². The number of benzene rings is 2. The summed E-state index contributed by atoms with van der Waals surface area (Å²) in [5, 5.41) is 9.70. The maximum atomic E-state index is 5.83. The fraction of sp³-hybridized carbons (Fsp3) is 0.238. The van der Waals surface area contributed by atoms with E-state index in [9.17, 15) is 0 Å². The molecule has 5 nitrogen and oxygen atoms in total. The third-order valence-corrected chi connectivity index (χ3v) is 4.52. The lowest BCUT2D eigenvalue weighted by Gasteiger charge is -2.06. The van der Waals surface area contributed by atoms with E-state index in [1.807, 2.05) is 42.1 Å². The molecular formula is C21H22N4O. The average Bonchev–Trinajstić information content (AvgIpc) is 3.28. The molecule has 0 aliphatic carbocycles. The van der Waals surface area contributed by atoms with Crippen LogP contribution in [0.3, 0.4) is 0 Å². The first-order chi connectivity index (χ1) is 12.8. The lowest BCUT2D eigenvalue weighted by molar-refractivity contribution is 0.299. The van der Waals surface area contributed by atoms with Crippen LogP contribution in [0.15, 0.2) is 67.0 Å². The number of rotatable bonds is 7. The third kappa shape index (κ3) is 3.61. The molecule has 5 heteroatoms. The number of nitrogens with zero attached hydrogens (tertiary/aromatic N) is 4. The molecule has 4 rings (SSSR count). The number of hydrogen-bond acceptors (Lipinski definition) is 3. The zero-order valence-corrected chi connectivity index (χ0v) is 14.9. The third-order valence-electron chi connectivity index (χ3n) is 4.52. The maximum Gasteiger partial charge on any atom is 0.134 e. The number of ether oxygens (including phenoxy) is 1. The van der Waals surface area contributed by atoms with Gasteiger partial charge in [-0.25, -0.2) is 0 Å². The van der Waals surface area contributed by atoms with Crippen molar-refractivity contribution < 1.29 is 4.74 Å². The van der Waals surface area contributed by atoms with Crippen LogP contribution in [0.25, 0.3) is 10.9 Å². The van der Waals surface area contributed by atoms with Crippen LogP contribution in [0.4, 0.5) is 0 Å². The van der Waals surface area contributed by atoms with Crippen molar-refractivity contribution in [2.45, 2.75) is 33.0 Å². The molecule has 0 unspecified atom stereocenters. The second-order valence-electron chi connectivity index (χ2n) is 6.45. The molecule has 0 amide bonds. The number of hydrogen-bond donors (Lipinski definition) is 0. The van der Waals surface area contributed by atoms with Crippen molar-refractivity contribution >= 4 is 10.9 Å². The Morgan fingerprint density at radius 3 is 2.73 bits per heavy atom. The van der Waals surface area contributed by atoms with E-state index in [2.05, 4.69) is 51.4 Å². The summed E-state index contributed by atoms with van der Waals surface area (Å²) in [5.74, 6) is 0.890. The number of fused-ring (bicyclic) bond motifs is 1.